The fraction of sp³-hybridized carbons (Fsp3) is 0.250. The summed E-state index contributed by atoms with van der Waals surface area (Å²) in [6.45, 7) is 3.98. The Morgan fingerprint density at radius 3 is 2.63 bits per heavy atom. The van der Waals surface area contributed by atoms with Gasteiger partial charge in [-0.2, -0.15) is 4.99 Å². The van der Waals surface area contributed by atoms with Crippen molar-refractivity contribution in [2.45, 2.75) is 6.92 Å². The second kappa shape index (κ2) is 8.15. The predicted octanol–water partition coefficient (Wildman–Crippen LogP) is 2.99. The first-order valence-corrected chi connectivity index (χ1v) is 10.1. The molecule has 2 amide bonds. The lowest BCUT2D eigenvalue weighted by molar-refractivity contribution is -0.384. The summed E-state index contributed by atoms with van der Waals surface area (Å²) in [7, 11) is 0. The van der Waals surface area contributed by atoms with Gasteiger partial charge in [0.1, 0.15) is 11.5 Å². The summed E-state index contributed by atoms with van der Waals surface area (Å²) in [4.78, 5) is 42.9. The lowest BCUT2D eigenvalue weighted by Gasteiger charge is -2.34. The number of carbonyl (C=O) groups excluding carboxylic acids is 2. The van der Waals surface area contributed by atoms with Crippen LogP contribution in [-0.4, -0.2) is 57.9 Å². The van der Waals surface area contributed by atoms with Gasteiger partial charge in [0, 0.05) is 45.2 Å². The smallest absolute Gasteiger partial charge is 0.286 e. The molecule has 0 saturated carbocycles. The van der Waals surface area contributed by atoms with Crippen molar-refractivity contribution in [2.75, 3.05) is 26.2 Å². The van der Waals surface area contributed by atoms with Crippen molar-refractivity contribution in [1.82, 2.24) is 9.80 Å². The van der Waals surface area contributed by atoms with Gasteiger partial charge >= 0.3 is 0 Å². The summed E-state index contributed by atoms with van der Waals surface area (Å²) < 4.78 is 5.74. The molecule has 0 unspecified atom stereocenters. The molecule has 0 atom stereocenters. The molecule has 1 aromatic heterocycles. The zero-order valence-electron chi connectivity index (χ0n) is 16.1. The molecule has 0 bridgehead atoms. The number of hydrogen-bond acceptors (Lipinski definition) is 7. The number of carbonyl (C=O) groups is 2. The Balaban J connectivity index is 1.48. The number of rotatable bonds is 3. The van der Waals surface area contributed by atoms with Crippen LogP contribution in [0.15, 0.2) is 50.7 Å². The van der Waals surface area contributed by atoms with Crippen LogP contribution in [-0.2, 0) is 9.59 Å². The number of piperazine rings is 1. The van der Waals surface area contributed by atoms with Crippen molar-refractivity contribution < 1.29 is 18.9 Å². The third-order valence-corrected chi connectivity index (χ3v) is 5.92. The number of thioether (sulfide) groups is 1. The van der Waals surface area contributed by atoms with E-state index in [9.17, 15) is 19.7 Å². The minimum atomic E-state index is -0.460. The van der Waals surface area contributed by atoms with E-state index in [2.05, 4.69) is 4.99 Å². The highest BCUT2D eigenvalue weighted by molar-refractivity contribution is 8.18. The minimum absolute atomic E-state index is 0.0413. The molecular formula is C20H18N4O5S. The molecular weight excluding hydrogens is 408 g/mol. The second-order valence-corrected chi connectivity index (χ2v) is 7.79. The van der Waals surface area contributed by atoms with Crippen molar-refractivity contribution >= 4 is 40.5 Å². The van der Waals surface area contributed by atoms with Crippen molar-refractivity contribution in [3.63, 3.8) is 0 Å². The van der Waals surface area contributed by atoms with Gasteiger partial charge in [-0.05, 0) is 30.0 Å². The lowest BCUT2D eigenvalue weighted by atomic mass is 10.1. The standard InChI is InChI=1S/C20H18N4O5S/c1-13(25)22-8-10-23(11-9-22)20-21-19(26)18(30-20)12-14-6-7-17(29-14)15-4-2-3-5-16(15)24(27)28/h2-7,12H,8-11H2,1H3/b18-12+. The molecule has 1 saturated heterocycles. The Morgan fingerprint density at radius 1 is 1.20 bits per heavy atom. The van der Waals surface area contributed by atoms with E-state index in [1.165, 1.54) is 17.8 Å². The Bertz CT molecular complexity index is 1080. The van der Waals surface area contributed by atoms with E-state index in [1.807, 2.05) is 4.90 Å². The van der Waals surface area contributed by atoms with Crippen LogP contribution < -0.4 is 0 Å². The third-order valence-electron chi connectivity index (χ3n) is 4.87. The average molecular weight is 426 g/mol. The molecule has 9 nitrogen and oxygen atoms in total. The van der Waals surface area contributed by atoms with E-state index in [0.29, 0.717) is 53.3 Å². The molecule has 0 aliphatic carbocycles. The highest BCUT2D eigenvalue weighted by Gasteiger charge is 2.29. The fourth-order valence-corrected chi connectivity index (χ4v) is 4.24. The van der Waals surface area contributed by atoms with E-state index in [0.717, 1.165) is 0 Å². The maximum atomic E-state index is 12.3. The van der Waals surface area contributed by atoms with Crippen LogP contribution in [0.1, 0.15) is 12.7 Å². The predicted molar refractivity (Wildman–Crippen MR) is 113 cm³/mol. The van der Waals surface area contributed by atoms with Crippen molar-refractivity contribution in [3.05, 3.63) is 57.2 Å². The first-order chi connectivity index (χ1) is 14.4. The van der Waals surface area contributed by atoms with E-state index < -0.39 is 4.92 Å². The van der Waals surface area contributed by atoms with Crippen LogP contribution in [0.4, 0.5) is 5.69 Å². The van der Waals surface area contributed by atoms with Gasteiger partial charge in [-0.15, -0.1) is 0 Å². The zero-order valence-corrected chi connectivity index (χ0v) is 16.9. The average Bonchev–Trinajstić information content (AvgIpc) is 3.35. The molecule has 0 spiro atoms. The number of benzene rings is 1. The molecule has 0 N–H and O–H groups in total. The van der Waals surface area contributed by atoms with Gasteiger partial charge in [-0.3, -0.25) is 19.7 Å². The number of para-hydroxylation sites is 1. The quantitative estimate of drug-likeness (QED) is 0.422. The number of nitro groups is 1. The molecule has 1 fully saturated rings. The third kappa shape index (κ3) is 3.99. The van der Waals surface area contributed by atoms with Gasteiger partial charge in [0.25, 0.3) is 11.6 Å². The Morgan fingerprint density at radius 2 is 1.93 bits per heavy atom. The molecule has 2 aliphatic heterocycles. The first-order valence-electron chi connectivity index (χ1n) is 9.29. The summed E-state index contributed by atoms with van der Waals surface area (Å²) in [6.07, 6.45) is 1.59. The van der Waals surface area contributed by atoms with E-state index in [4.69, 9.17) is 4.42 Å². The van der Waals surface area contributed by atoms with Gasteiger partial charge in [-0.1, -0.05) is 12.1 Å². The zero-order chi connectivity index (χ0) is 21.3. The van der Waals surface area contributed by atoms with Crippen LogP contribution in [0.5, 0.6) is 0 Å². The van der Waals surface area contributed by atoms with Gasteiger partial charge in [0.15, 0.2) is 5.17 Å². The number of hydrogen-bond donors (Lipinski definition) is 0. The summed E-state index contributed by atoms with van der Waals surface area (Å²) in [6, 6.07) is 9.63. The van der Waals surface area contributed by atoms with E-state index in [1.54, 1.807) is 48.2 Å². The Labute approximate surface area is 176 Å². The second-order valence-electron chi connectivity index (χ2n) is 6.78. The number of aliphatic imine (C=N–C) groups is 1. The van der Waals surface area contributed by atoms with Gasteiger partial charge in [0.05, 0.1) is 15.4 Å². The van der Waals surface area contributed by atoms with Gasteiger partial charge in [-0.25, -0.2) is 0 Å². The molecule has 0 radical (unpaired) electrons. The van der Waals surface area contributed by atoms with Crippen molar-refractivity contribution in [1.29, 1.82) is 0 Å². The number of amides is 2. The summed E-state index contributed by atoms with van der Waals surface area (Å²) in [5.74, 6) is 0.454. The normalized spacial score (nSPS) is 18.1. The SMILES string of the molecule is CC(=O)N1CCN(C2=NC(=O)/C(=C\c3ccc(-c4ccccc4[N+](=O)[O-])o3)S2)CC1. The Hall–Kier alpha value is -3.40. The van der Waals surface area contributed by atoms with Crippen LogP contribution >= 0.6 is 11.8 Å². The molecule has 2 aromatic rings. The highest BCUT2D eigenvalue weighted by Crippen LogP contribution is 2.34. The van der Waals surface area contributed by atoms with Crippen LogP contribution in [0.25, 0.3) is 17.4 Å². The van der Waals surface area contributed by atoms with Crippen LogP contribution in [0.3, 0.4) is 0 Å². The molecule has 2 aliphatic rings. The molecule has 3 heterocycles. The van der Waals surface area contributed by atoms with Crippen molar-refractivity contribution in [3.8, 4) is 11.3 Å². The minimum Gasteiger partial charge on any atom is -0.456 e. The lowest BCUT2D eigenvalue weighted by Crippen LogP contribution is -2.49. The van der Waals surface area contributed by atoms with Gasteiger partial charge in [0.2, 0.25) is 5.91 Å². The Kier molecular flexibility index (Phi) is 5.40. The topological polar surface area (TPSA) is 109 Å². The van der Waals surface area contributed by atoms with Gasteiger partial charge < -0.3 is 14.2 Å². The summed E-state index contributed by atoms with van der Waals surface area (Å²) in [5, 5.41) is 11.8. The summed E-state index contributed by atoms with van der Waals surface area (Å²) >= 11 is 1.26. The highest BCUT2D eigenvalue weighted by atomic mass is 32.2. The number of nitro benzene ring substituents is 1. The number of amidine groups is 1. The van der Waals surface area contributed by atoms with Crippen LogP contribution in [0.2, 0.25) is 0 Å². The molecule has 154 valence electrons. The number of nitrogens with zero attached hydrogens (tertiary/aromatic N) is 4. The first kappa shape index (κ1) is 19.9. The molecule has 1 aromatic carbocycles. The molecule has 30 heavy (non-hydrogen) atoms. The maximum Gasteiger partial charge on any atom is 0.286 e. The largest absolute Gasteiger partial charge is 0.456 e. The monoisotopic (exact) mass is 426 g/mol. The molecule has 4 rings (SSSR count). The van der Waals surface area contributed by atoms with Crippen LogP contribution in [0, 0.1) is 10.1 Å². The van der Waals surface area contributed by atoms with E-state index >= 15 is 0 Å². The summed E-state index contributed by atoms with van der Waals surface area (Å²) in [5.41, 5.74) is 0.325. The van der Waals surface area contributed by atoms with Crippen molar-refractivity contribution in [2.24, 2.45) is 4.99 Å². The fourth-order valence-electron chi connectivity index (χ4n) is 3.29. The molecule has 10 heteroatoms. The number of furan rings is 1. The van der Waals surface area contributed by atoms with E-state index in [-0.39, 0.29) is 17.5 Å². The maximum absolute atomic E-state index is 12.3.